The fourth-order valence-corrected chi connectivity index (χ4v) is 6.23. The van der Waals surface area contributed by atoms with Gasteiger partial charge in [-0.05, 0) is 109 Å². The molecule has 370 valence electrons. The quantitative estimate of drug-likeness (QED) is 0.0475. The molecule has 0 atom stereocenters. The van der Waals surface area contributed by atoms with E-state index < -0.39 is 35.6 Å². The predicted octanol–water partition coefficient (Wildman–Crippen LogP) is 9.80. The lowest BCUT2D eigenvalue weighted by Gasteiger charge is -2.17. The summed E-state index contributed by atoms with van der Waals surface area (Å²) in [4.78, 5) is 83.6. The number of carbonyl (C=O) groups excluding carboxylic acids is 6. The van der Waals surface area contributed by atoms with E-state index in [9.17, 15) is 28.8 Å². The molecule has 17 nitrogen and oxygen atoms in total. The van der Waals surface area contributed by atoms with E-state index in [0.717, 1.165) is 0 Å². The van der Waals surface area contributed by atoms with Crippen LogP contribution in [0.2, 0.25) is 0 Å². The van der Waals surface area contributed by atoms with Crippen LogP contribution < -0.4 is 40.2 Å². The first-order valence-corrected chi connectivity index (χ1v) is 22.8. The number of amides is 4. The number of anilines is 4. The standard InChI is InChI=1S/C53H61N5O12/c1-30(2)26-67-44-22-34(48(59)55-38-20-16-36(52(63)65-9)24-46(38)69-28-32(5)6)14-18-40(44)57-50(61)42-12-11-13-43(54-42)51(62)58-41-19-15-35(23-45(41)68-27-31(3)4)49(60)56-39-21-17-37(53(64)66-10)25-47(39)70-29-33(7)8/h11-25,30-33H,26-29H2,1-10H3,(H,55,59)(H,56,60)(H,57,61)(H,58,62). The van der Waals surface area contributed by atoms with Gasteiger partial charge >= 0.3 is 11.9 Å². The molecule has 0 spiro atoms. The maximum absolute atomic E-state index is 13.8. The first kappa shape index (κ1) is 53.0. The van der Waals surface area contributed by atoms with Gasteiger partial charge in [-0.2, -0.15) is 0 Å². The molecule has 0 unspecified atom stereocenters. The normalized spacial score (nSPS) is 10.9. The number of hydrogen-bond donors (Lipinski definition) is 4. The molecular formula is C53H61N5O12. The second-order valence-corrected chi connectivity index (χ2v) is 17.9. The molecule has 70 heavy (non-hydrogen) atoms. The number of nitrogens with one attached hydrogen (secondary N) is 4. The molecule has 5 aromatic rings. The Kier molecular flexibility index (Phi) is 18.8. The molecule has 0 saturated carbocycles. The fraction of sp³-hybridized carbons (Fsp3) is 0.340. The van der Waals surface area contributed by atoms with Crippen molar-refractivity contribution in [2.75, 3.05) is 61.9 Å². The molecular weight excluding hydrogens is 899 g/mol. The highest BCUT2D eigenvalue weighted by molar-refractivity contribution is 6.10. The topological polar surface area (TPSA) is 219 Å². The number of benzene rings is 4. The first-order chi connectivity index (χ1) is 33.3. The van der Waals surface area contributed by atoms with E-state index in [-0.39, 0.29) is 105 Å². The average molecular weight is 960 g/mol. The van der Waals surface area contributed by atoms with Crippen LogP contribution in [0, 0.1) is 23.7 Å². The molecule has 0 aliphatic carbocycles. The number of pyridine rings is 1. The van der Waals surface area contributed by atoms with Crippen molar-refractivity contribution in [2.24, 2.45) is 23.7 Å². The number of esters is 2. The molecule has 17 heteroatoms. The second kappa shape index (κ2) is 24.9. The van der Waals surface area contributed by atoms with Gasteiger partial charge in [0.1, 0.15) is 34.4 Å². The van der Waals surface area contributed by atoms with Crippen LogP contribution in [0.25, 0.3) is 0 Å². The Labute approximate surface area is 407 Å². The minimum atomic E-state index is -0.659. The lowest BCUT2D eigenvalue weighted by Crippen LogP contribution is -2.20. The van der Waals surface area contributed by atoms with Crippen molar-refractivity contribution in [1.82, 2.24) is 4.98 Å². The molecule has 4 N–H and O–H groups in total. The number of hydrogen-bond acceptors (Lipinski definition) is 13. The van der Waals surface area contributed by atoms with Crippen LogP contribution in [0.15, 0.2) is 91.0 Å². The largest absolute Gasteiger partial charge is 0.491 e. The van der Waals surface area contributed by atoms with Crippen LogP contribution in [0.4, 0.5) is 22.7 Å². The van der Waals surface area contributed by atoms with E-state index in [1.165, 1.54) is 93.1 Å². The van der Waals surface area contributed by atoms with Crippen LogP contribution in [0.5, 0.6) is 23.0 Å². The molecule has 0 bridgehead atoms. The smallest absolute Gasteiger partial charge is 0.337 e. The maximum atomic E-state index is 13.8. The lowest BCUT2D eigenvalue weighted by atomic mass is 10.1. The zero-order valence-corrected chi connectivity index (χ0v) is 41.1. The van der Waals surface area contributed by atoms with Crippen molar-refractivity contribution in [1.29, 1.82) is 0 Å². The van der Waals surface area contributed by atoms with Gasteiger partial charge in [-0.15, -0.1) is 0 Å². The third-order valence-electron chi connectivity index (χ3n) is 9.79. The highest BCUT2D eigenvalue weighted by Gasteiger charge is 2.22. The number of carbonyl (C=O) groups is 6. The van der Waals surface area contributed by atoms with Gasteiger partial charge in [0.05, 0.1) is 74.5 Å². The van der Waals surface area contributed by atoms with Crippen LogP contribution >= 0.6 is 0 Å². The van der Waals surface area contributed by atoms with Crippen LogP contribution in [0.3, 0.4) is 0 Å². The zero-order chi connectivity index (χ0) is 51.1. The van der Waals surface area contributed by atoms with Gasteiger partial charge in [0.25, 0.3) is 23.6 Å². The number of nitrogens with zero attached hydrogens (tertiary/aromatic N) is 1. The summed E-state index contributed by atoms with van der Waals surface area (Å²) in [6.07, 6.45) is 0. The first-order valence-electron chi connectivity index (χ1n) is 22.8. The summed E-state index contributed by atoms with van der Waals surface area (Å²) in [5.74, 6) is -1.92. The Morgan fingerprint density at radius 3 is 0.957 bits per heavy atom. The monoisotopic (exact) mass is 959 g/mol. The van der Waals surface area contributed by atoms with Crippen LogP contribution in [0.1, 0.15) is 118 Å². The van der Waals surface area contributed by atoms with E-state index in [2.05, 4.69) is 26.3 Å². The maximum Gasteiger partial charge on any atom is 0.337 e. The van der Waals surface area contributed by atoms with Gasteiger partial charge < -0.3 is 49.7 Å². The summed E-state index contributed by atoms with van der Waals surface area (Å²) in [6, 6.07) is 22.6. The SMILES string of the molecule is COC(=O)c1ccc(NC(=O)c2ccc(NC(=O)c3cccc(C(=O)Nc4ccc(C(=O)Nc5ccc(C(=O)OC)cc5OCC(C)C)cc4OCC(C)C)n3)c(OCC(C)C)c2)c(OCC(C)C)c1. The Hall–Kier alpha value is -7.95. The Morgan fingerprint density at radius 1 is 0.400 bits per heavy atom. The minimum Gasteiger partial charge on any atom is -0.491 e. The van der Waals surface area contributed by atoms with Crippen molar-refractivity contribution in [3.05, 3.63) is 125 Å². The van der Waals surface area contributed by atoms with E-state index in [4.69, 9.17) is 28.4 Å². The summed E-state index contributed by atoms with van der Waals surface area (Å²) in [6.45, 7) is 16.9. The van der Waals surface area contributed by atoms with Gasteiger partial charge in [-0.25, -0.2) is 14.6 Å². The summed E-state index contributed by atoms with van der Waals surface area (Å²) in [7, 11) is 2.55. The molecule has 5 rings (SSSR count). The molecule has 4 aromatic carbocycles. The van der Waals surface area contributed by atoms with E-state index in [1.807, 2.05) is 55.4 Å². The molecule has 1 heterocycles. The van der Waals surface area contributed by atoms with Gasteiger partial charge in [0.15, 0.2) is 0 Å². The molecule has 0 saturated heterocycles. The van der Waals surface area contributed by atoms with Crippen molar-refractivity contribution < 1.29 is 57.2 Å². The fourth-order valence-electron chi connectivity index (χ4n) is 6.23. The highest BCUT2D eigenvalue weighted by atomic mass is 16.5. The van der Waals surface area contributed by atoms with Gasteiger partial charge in [-0.1, -0.05) is 61.5 Å². The van der Waals surface area contributed by atoms with Gasteiger partial charge in [-0.3, -0.25) is 19.2 Å². The molecule has 0 radical (unpaired) electrons. The van der Waals surface area contributed by atoms with Crippen molar-refractivity contribution in [2.45, 2.75) is 55.4 Å². The third kappa shape index (κ3) is 15.0. The summed E-state index contributed by atoms with van der Waals surface area (Å²) < 4.78 is 33.7. The Morgan fingerprint density at radius 2 is 0.671 bits per heavy atom. The molecule has 0 fully saturated rings. The van der Waals surface area contributed by atoms with Crippen LogP contribution in [-0.4, -0.2) is 81.2 Å². The van der Waals surface area contributed by atoms with Crippen molar-refractivity contribution in [3.8, 4) is 23.0 Å². The van der Waals surface area contributed by atoms with Crippen molar-refractivity contribution >= 4 is 58.3 Å². The van der Waals surface area contributed by atoms with Gasteiger partial charge in [0.2, 0.25) is 0 Å². The molecule has 0 aliphatic rings. The van der Waals surface area contributed by atoms with E-state index in [1.54, 1.807) is 12.1 Å². The minimum absolute atomic E-state index is 0.0896. The van der Waals surface area contributed by atoms with E-state index in [0.29, 0.717) is 24.6 Å². The number of rotatable bonds is 22. The summed E-state index contributed by atoms with van der Waals surface area (Å²) >= 11 is 0. The molecule has 1 aromatic heterocycles. The van der Waals surface area contributed by atoms with Crippen molar-refractivity contribution in [3.63, 3.8) is 0 Å². The summed E-state index contributed by atoms with van der Waals surface area (Å²) in [5, 5.41) is 11.3. The number of ether oxygens (including phenoxy) is 6. The Balaban J connectivity index is 1.34. The average Bonchev–Trinajstić information content (AvgIpc) is 3.34. The number of methoxy groups -OCH3 is 2. The second-order valence-electron chi connectivity index (χ2n) is 17.9. The van der Waals surface area contributed by atoms with Crippen LogP contribution in [-0.2, 0) is 9.47 Å². The van der Waals surface area contributed by atoms with E-state index >= 15 is 0 Å². The zero-order valence-electron chi connectivity index (χ0n) is 41.1. The lowest BCUT2D eigenvalue weighted by molar-refractivity contribution is 0.0591. The summed E-state index contributed by atoms with van der Waals surface area (Å²) in [5.41, 5.74) is 1.90. The molecule has 0 aliphatic heterocycles. The number of aromatic nitrogens is 1. The molecule has 4 amide bonds. The van der Waals surface area contributed by atoms with Gasteiger partial charge in [0, 0.05) is 11.1 Å². The predicted molar refractivity (Wildman–Crippen MR) is 266 cm³/mol. The third-order valence-corrected chi connectivity index (χ3v) is 9.79. The highest BCUT2D eigenvalue weighted by Crippen LogP contribution is 2.33. The Bertz CT molecular complexity index is 2520.